The molecule has 0 aliphatic carbocycles. The number of ether oxygens (including phenoxy) is 1. The summed E-state index contributed by atoms with van der Waals surface area (Å²) in [6.07, 6.45) is 0. The number of para-hydroxylation sites is 1. The summed E-state index contributed by atoms with van der Waals surface area (Å²) in [5.41, 5.74) is 1.94. The van der Waals surface area contributed by atoms with Crippen LogP contribution < -0.4 is 10.1 Å². The van der Waals surface area contributed by atoms with Gasteiger partial charge in [-0.3, -0.25) is 4.79 Å². The maximum atomic E-state index is 12.2. The fraction of sp³-hybridized carbons (Fsp3) is 0.312. The van der Waals surface area contributed by atoms with Crippen molar-refractivity contribution in [3.8, 4) is 16.2 Å². The third-order valence-corrected chi connectivity index (χ3v) is 4.25. The first-order chi connectivity index (χ1) is 9.44. The van der Waals surface area contributed by atoms with Crippen LogP contribution in [0.4, 0.5) is 0 Å². The van der Waals surface area contributed by atoms with Crippen LogP contribution in [-0.4, -0.2) is 11.4 Å². The highest BCUT2D eigenvalue weighted by Crippen LogP contribution is 2.42. The van der Waals surface area contributed by atoms with Crippen LogP contribution >= 0.6 is 11.3 Å². The zero-order valence-corrected chi connectivity index (χ0v) is 12.6. The summed E-state index contributed by atoms with van der Waals surface area (Å²) in [7, 11) is 0. The first-order valence-corrected chi connectivity index (χ1v) is 7.43. The monoisotopic (exact) mass is 287 g/mol. The third kappa shape index (κ3) is 2.43. The van der Waals surface area contributed by atoms with Crippen LogP contribution in [-0.2, 0) is 6.61 Å². The summed E-state index contributed by atoms with van der Waals surface area (Å²) in [5, 5.41) is 3.00. The molecule has 1 amide bonds. The van der Waals surface area contributed by atoms with E-state index in [2.05, 4.69) is 5.32 Å². The van der Waals surface area contributed by atoms with Gasteiger partial charge >= 0.3 is 0 Å². The Hall–Kier alpha value is -1.81. The third-order valence-electron chi connectivity index (χ3n) is 3.04. The highest BCUT2D eigenvalue weighted by Gasteiger charge is 2.23. The molecule has 0 radical (unpaired) electrons. The second-order valence-corrected chi connectivity index (χ2v) is 7.01. The molecule has 0 atom stereocenters. The zero-order chi connectivity index (χ0) is 14.3. The lowest BCUT2D eigenvalue weighted by molar-refractivity contribution is 0.0923. The van der Waals surface area contributed by atoms with Gasteiger partial charge < -0.3 is 10.1 Å². The number of benzene rings is 1. The fourth-order valence-electron chi connectivity index (χ4n) is 2.21. The molecule has 3 rings (SSSR count). The average molecular weight is 287 g/mol. The number of thiophene rings is 1. The molecular formula is C16H17NO2S. The van der Waals surface area contributed by atoms with E-state index in [1.165, 1.54) is 11.3 Å². The number of hydrogen-bond acceptors (Lipinski definition) is 3. The van der Waals surface area contributed by atoms with Gasteiger partial charge in [-0.1, -0.05) is 12.1 Å². The van der Waals surface area contributed by atoms with Crippen molar-refractivity contribution in [2.45, 2.75) is 32.9 Å². The molecule has 0 saturated heterocycles. The maximum Gasteiger partial charge on any atom is 0.261 e. The predicted octanol–water partition coefficient (Wildman–Crippen LogP) is 3.84. The van der Waals surface area contributed by atoms with E-state index in [0.29, 0.717) is 6.61 Å². The molecule has 20 heavy (non-hydrogen) atoms. The van der Waals surface area contributed by atoms with E-state index in [4.69, 9.17) is 4.74 Å². The van der Waals surface area contributed by atoms with Gasteiger partial charge in [-0.25, -0.2) is 0 Å². The van der Waals surface area contributed by atoms with E-state index in [1.54, 1.807) is 0 Å². The highest BCUT2D eigenvalue weighted by molar-refractivity contribution is 7.17. The molecule has 1 N–H and O–H groups in total. The number of carbonyl (C=O) groups excluding carboxylic acids is 1. The van der Waals surface area contributed by atoms with Crippen molar-refractivity contribution in [3.05, 3.63) is 40.8 Å². The minimum absolute atomic E-state index is 0.0191. The molecule has 1 aromatic carbocycles. The molecule has 0 unspecified atom stereocenters. The SMILES string of the molecule is CC(C)(C)NC(=O)c1cc2c(s1)-c1ccccc1OC2. The largest absolute Gasteiger partial charge is 0.488 e. The van der Waals surface area contributed by atoms with Gasteiger partial charge in [-0.05, 0) is 39.0 Å². The van der Waals surface area contributed by atoms with E-state index in [9.17, 15) is 4.79 Å². The van der Waals surface area contributed by atoms with Gasteiger partial charge in [0.15, 0.2) is 0 Å². The summed E-state index contributed by atoms with van der Waals surface area (Å²) in [4.78, 5) is 14.1. The Labute approximate surface area is 122 Å². The Bertz CT molecular complexity index is 667. The Kier molecular flexibility index (Phi) is 3.05. The molecule has 0 fully saturated rings. The zero-order valence-electron chi connectivity index (χ0n) is 11.8. The fourth-order valence-corrected chi connectivity index (χ4v) is 3.31. The van der Waals surface area contributed by atoms with Crippen LogP contribution in [0.1, 0.15) is 36.0 Å². The topological polar surface area (TPSA) is 38.3 Å². The molecule has 0 saturated carbocycles. The molecule has 2 heterocycles. The van der Waals surface area contributed by atoms with E-state index in [0.717, 1.165) is 26.6 Å². The van der Waals surface area contributed by atoms with Gasteiger partial charge in [0.2, 0.25) is 0 Å². The number of hydrogen-bond donors (Lipinski definition) is 1. The van der Waals surface area contributed by atoms with Crippen LogP contribution in [0.2, 0.25) is 0 Å². The molecule has 104 valence electrons. The van der Waals surface area contributed by atoms with E-state index in [1.807, 2.05) is 51.1 Å². The molecule has 1 aliphatic heterocycles. The standard InChI is InChI=1S/C16H17NO2S/c1-16(2,3)17-15(18)13-8-10-9-19-12-7-5-4-6-11(12)14(10)20-13/h4-8H,9H2,1-3H3,(H,17,18). The second-order valence-electron chi connectivity index (χ2n) is 5.95. The summed E-state index contributed by atoms with van der Waals surface area (Å²) in [5.74, 6) is 0.874. The molecule has 4 heteroatoms. The minimum atomic E-state index is -0.226. The van der Waals surface area contributed by atoms with Crippen LogP contribution in [0.25, 0.3) is 10.4 Å². The molecule has 0 spiro atoms. The molecule has 2 aromatic rings. The number of nitrogens with one attached hydrogen (secondary N) is 1. The predicted molar refractivity (Wildman–Crippen MR) is 81.3 cm³/mol. The average Bonchev–Trinajstić information content (AvgIpc) is 2.81. The quantitative estimate of drug-likeness (QED) is 0.865. The van der Waals surface area contributed by atoms with Crippen molar-refractivity contribution in [2.75, 3.05) is 0 Å². The van der Waals surface area contributed by atoms with Crippen molar-refractivity contribution >= 4 is 17.2 Å². The molecule has 1 aliphatic rings. The molecule has 3 nitrogen and oxygen atoms in total. The second kappa shape index (κ2) is 4.63. The van der Waals surface area contributed by atoms with Gasteiger partial charge in [-0.15, -0.1) is 11.3 Å². The number of carbonyl (C=O) groups is 1. The van der Waals surface area contributed by atoms with Crippen LogP contribution in [0.15, 0.2) is 30.3 Å². The van der Waals surface area contributed by atoms with E-state index >= 15 is 0 Å². The first kappa shape index (κ1) is 13.2. The highest BCUT2D eigenvalue weighted by atomic mass is 32.1. The van der Waals surface area contributed by atoms with Gasteiger partial charge in [0, 0.05) is 21.5 Å². The van der Waals surface area contributed by atoms with Gasteiger partial charge in [0.1, 0.15) is 12.4 Å². The Morgan fingerprint density at radius 2 is 2.05 bits per heavy atom. The van der Waals surface area contributed by atoms with Crippen LogP contribution in [0.5, 0.6) is 5.75 Å². The Balaban J connectivity index is 1.97. The summed E-state index contributed by atoms with van der Waals surface area (Å²) in [6.45, 7) is 6.48. The molecule has 1 aromatic heterocycles. The van der Waals surface area contributed by atoms with Crippen molar-refractivity contribution < 1.29 is 9.53 Å². The van der Waals surface area contributed by atoms with Crippen LogP contribution in [0.3, 0.4) is 0 Å². The number of rotatable bonds is 1. The number of amides is 1. The van der Waals surface area contributed by atoms with Crippen LogP contribution in [0, 0.1) is 0 Å². The number of fused-ring (bicyclic) bond motifs is 3. The Morgan fingerprint density at radius 3 is 2.80 bits per heavy atom. The lowest BCUT2D eigenvalue weighted by Crippen LogP contribution is -2.40. The summed E-state index contributed by atoms with van der Waals surface area (Å²) < 4.78 is 5.72. The van der Waals surface area contributed by atoms with Crippen molar-refractivity contribution in [1.82, 2.24) is 5.32 Å². The molecule has 0 bridgehead atoms. The lowest BCUT2D eigenvalue weighted by atomic mass is 10.1. The van der Waals surface area contributed by atoms with Gasteiger partial charge in [0.25, 0.3) is 5.91 Å². The molecular weight excluding hydrogens is 270 g/mol. The summed E-state index contributed by atoms with van der Waals surface area (Å²) >= 11 is 1.53. The van der Waals surface area contributed by atoms with Gasteiger partial charge in [0.05, 0.1) is 4.88 Å². The van der Waals surface area contributed by atoms with E-state index in [-0.39, 0.29) is 11.4 Å². The van der Waals surface area contributed by atoms with Crippen molar-refractivity contribution in [1.29, 1.82) is 0 Å². The normalized spacial score (nSPS) is 13.2. The minimum Gasteiger partial charge on any atom is -0.488 e. The van der Waals surface area contributed by atoms with Gasteiger partial charge in [-0.2, -0.15) is 0 Å². The summed E-state index contributed by atoms with van der Waals surface area (Å²) in [6, 6.07) is 9.90. The van der Waals surface area contributed by atoms with E-state index < -0.39 is 0 Å². The van der Waals surface area contributed by atoms with Crippen molar-refractivity contribution in [3.63, 3.8) is 0 Å². The van der Waals surface area contributed by atoms with Crippen molar-refractivity contribution in [2.24, 2.45) is 0 Å². The first-order valence-electron chi connectivity index (χ1n) is 6.61. The Morgan fingerprint density at radius 1 is 1.30 bits per heavy atom. The maximum absolute atomic E-state index is 12.2. The smallest absolute Gasteiger partial charge is 0.261 e. The lowest BCUT2D eigenvalue weighted by Gasteiger charge is -2.19.